The van der Waals surface area contributed by atoms with Crippen LogP contribution in [0.3, 0.4) is 0 Å². The molecular formula is C21H26ClN7O3S. The summed E-state index contributed by atoms with van der Waals surface area (Å²) >= 11 is 1.49. The third-order valence-electron chi connectivity index (χ3n) is 5.64. The van der Waals surface area contributed by atoms with E-state index in [4.69, 9.17) is 9.26 Å². The van der Waals surface area contributed by atoms with Gasteiger partial charge in [0.1, 0.15) is 5.69 Å². The van der Waals surface area contributed by atoms with Crippen molar-refractivity contribution in [3.8, 4) is 0 Å². The second-order valence-corrected chi connectivity index (χ2v) is 8.53. The number of benzene rings is 1. The average molecular weight is 492 g/mol. The lowest BCUT2D eigenvalue weighted by atomic mass is 10.2. The molecule has 0 aliphatic carbocycles. The lowest BCUT2D eigenvalue weighted by molar-refractivity contribution is 0.102. The molecule has 0 saturated carbocycles. The predicted octanol–water partition coefficient (Wildman–Crippen LogP) is 2.36. The number of para-hydroxylation sites is 2. The molecule has 176 valence electrons. The zero-order valence-electron chi connectivity index (χ0n) is 18.1. The largest absolute Gasteiger partial charge is 0.378 e. The number of morpholine rings is 1. The third-order valence-corrected chi connectivity index (χ3v) is 6.54. The van der Waals surface area contributed by atoms with Crippen molar-refractivity contribution < 1.29 is 14.1 Å². The number of halogens is 1. The summed E-state index contributed by atoms with van der Waals surface area (Å²) in [5.74, 6) is 0.509. The van der Waals surface area contributed by atoms with Crippen molar-refractivity contribution in [3.63, 3.8) is 0 Å². The minimum atomic E-state index is -0.191. The van der Waals surface area contributed by atoms with Crippen LogP contribution in [0.5, 0.6) is 0 Å². The van der Waals surface area contributed by atoms with E-state index < -0.39 is 0 Å². The molecule has 2 aliphatic heterocycles. The SMILES string of the molecule is Cl.O=C(Nc1ccccc1N1CCN(Cc2ncon2)CC1)c1csc(N2CCOCC2)n1. The van der Waals surface area contributed by atoms with Crippen molar-refractivity contribution in [2.24, 2.45) is 0 Å². The molecule has 33 heavy (non-hydrogen) atoms. The van der Waals surface area contributed by atoms with Crippen LogP contribution < -0.4 is 15.1 Å². The highest BCUT2D eigenvalue weighted by atomic mass is 35.5. The number of carbonyl (C=O) groups is 1. The van der Waals surface area contributed by atoms with Gasteiger partial charge in [-0.2, -0.15) is 4.98 Å². The number of aromatic nitrogens is 3. The van der Waals surface area contributed by atoms with Gasteiger partial charge in [0.2, 0.25) is 6.39 Å². The van der Waals surface area contributed by atoms with Crippen molar-refractivity contribution in [2.75, 3.05) is 67.6 Å². The van der Waals surface area contributed by atoms with E-state index in [1.807, 2.05) is 29.6 Å². The number of carbonyl (C=O) groups excluding carboxylic acids is 1. The van der Waals surface area contributed by atoms with Crippen LogP contribution in [0, 0.1) is 0 Å². The van der Waals surface area contributed by atoms with Crippen molar-refractivity contribution in [1.82, 2.24) is 20.0 Å². The Kier molecular flexibility index (Phi) is 7.76. The summed E-state index contributed by atoms with van der Waals surface area (Å²) in [6, 6.07) is 7.92. The number of amides is 1. The highest BCUT2D eigenvalue weighted by Crippen LogP contribution is 2.28. The summed E-state index contributed by atoms with van der Waals surface area (Å²) in [4.78, 5) is 28.3. The molecule has 10 nitrogen and oxygen atoms in total. The minimum Gasteiger partial charge on any atom is -0.378 e. The lowest BCUT2D eigenvalue weighted by Gasteiger charge is -2.36. The Bertz CT molecular complexity index is 1030. The number of anilines is 3. The maximum Gasteiger partial charge on any atom is 0.275 e. The first kappa shape index (κ1) is 23.4. The van der Waals surface area contributed by atoms with Gasteiger partial charge in [0.05, 0.1) is 31.1 Å². The van der Waals surface area contributed by atoms with Gasteiger partial charge in [-0.05, 0) is 12.1 Å². The van der Waals surface area contributed by atoms with Gasteiger partial charge in [-0.3, -0.25) is 9.69 Å². The normalized spacial score (nSPS) is 17.0. The lowest BCUT2D eigenvalue weighted by Crippen LogP contribution is -2.46. The molecule has 2 aliphatic rings. The van der Waals surface area contributed by atoms with Crippen molar-refractivity contribution in [1.29, 1.82) is 0 Å². The first-order chi connectivity index (χ1) is 15.8. The quantitative estimate of drug-likeness (QED) is 0.556. The van der Waals surface area contributed by atoms with Crippen molar-refractivity contribution in [3.05, 3.63) is 47.6 Å². The summed E-state index contributed by atoms with van der Waals surface area (Å²) in [6.07, 6.45) is 1.36. The second-order valence-electron chi connectivity index (χ2n) is 7.70. The van der Waals surface area contributed by atoms with E-state index in [1.54, 1.807) is 0 Å². The maximum absolute atomic E-state index is 12.9. The van der Waals surface area contributed by atoms with Gasteiger partial charge < -0.3 is 24.4 Å². The molecule has 2 fully saturated rings. The fourth-order valence-electron chi connectivity index (χ4n) is 3.92. The molecule has 3 aromatic rings. The zero-order valence-corrected chi connectivity index (χ0v) is 19.7. The predicted molar refractivity (Wildman–Crippen MR) is 129 cm³/mol. The molecule has 0 spiro atoms. The highest BCUT2D eigenvalue weighted by molar-refractivity contribution is 7.14. The van der Waals surface area contributed by atoms with Crippen LogP contribution in [0.25, 0.3) is 0 Å². The van der Waals surface area contributed by atoms with Crippen LogP contribution in [0.1, 0.15) is 16.3 Å². The summed E-state index contributed by atoms with van der Waals surface area (Å²) in [5.41, 5.74) is 2.25. The van der Waals surface area contributed by atoms with Crippen LogP contribution in [-0.4, -0.2) is 78.4 Å². The third kappa shape index (κ3) is 5.61. The van der Waals surface area contributed by atoms with E-state index in [9.17, 15) is 4.79 Å². The molecule has 1 N–H and O–H groups in total. The van der Waals surface area contributed by atoms with Gasteiger partial charge in [0.15, 0.2) is 11.0 Å². The number of ether oxygens (including phenoxy) is 1. The Balaban J connectivity index is 0.00000259. The van der Waals surface area contributed by atoms with Gasteiger partial charge in [0.25, 0.3) is 5.91 Å². The Morgan fingerprint density at radius 2 is 1.85 bits per heavy atom. The Hall–Kier alpha value is -2.73. The molecule has 1 amide bonds. The summed E-state index contributed by atoms with van der Waals surface area (Å²) < 4.78 is 10.2. The van der Waals surface area contributed by atoms with Gasteiger partial charge in [-0.25, -0.2) is 4.98 Å². The van der Waals surface area contributed by atoms with E-state index in [0.717, 1.165) is 55.8 Å². The standard InChI is InChI=1S/C21H25N7O3S.ClH/c29-20(17-14-32-21(24-17)28-9-11-30-12-10-28)23-16-3-1-2-4-18(16)27-7-5-26(6-8-27)13-19-22-15-31-25-19;/h1-4,14-15H,5-13H2,(H,23,29);1H. The number of hydrogen-bond donors (Lipinski definition) is 1. The maximum atomic E-state index is 12.9. The van der Waals surface area contributed by atoms with Gasteiger partial charge in [-0.15, -0.1) is 23.7 Å². The van der Waals surface area contributed by atoms with Crippen molar-refractivity contribution >= 4 is 46.2 Å². The van der Waals surface area contributed by atoms with E-state index in [1.165, 1.54) is 17.7 Å². The van der Waals surface area contributed by atoms with Crippen molar-refractivity contribution in [2.45, 2.75) is 6.54 Å². The van der Waals surface area contributed by atoms with Crippen LogP contribution in [-0.2, 0) is 11.3 Å². The Morgan fingerprint density at radius 1 is 1.06 bits per heavy atom. The number of piperazine rings is 1. The molecule has 12 heteroatoms. The number of nitrogens with zero attached hydrogens (tertiary/aromatic N) is 6. The Labute approximate surface area is 201 Å². The highest BCUT2D eigenvalue weighted by Gasteiger charge is 2.22. The van der Waals surface area contributed by atoms with Crippen LogP contribution in [0.15, 0.2) is 40.6 Å². The first-order valence-corrected chi connectivity index (χ1v) is 11.6. The molecule has 0 radical (unpaired) electrons. The molecule has 0 unspecified atom stereocenters. The molecule has 5 rings (SSSR count). The first-order valence-electron chi connectivity index (χ1n) is 10.7. The fraction of sp³-hybridized carbons (Fsp3) is 0.429. The van der Waals surface area contributed by atoms with E-state index in [2.05, 4.69) is 35.1 Å². The molecule has 2 aromatic heterocycles. The van der Waals surface area contributed by atoms with E-state index >= 15 is 0 Å². The number of hydrogen-bond acceptors (Lipinski definition) is 10. The summed E-state index contributed by atoms with van der Waals surface area (Å²) in [6.45, 7) is 7.13. The number of rotatable bonds is 6. The van der Waals surface area contributed by atoms with E-state index in [0.29, 0.717) is 31.3 Å². The van der Waals surface area contributed by atoms with Crippen LogP contribution in [0.2, 0.25) is 0 Å². The van der Waals surface area contributed by atoms with E-state index in [-0.39, 0.29) is 18.3 Å². The topological polar surface area (TPSA) is 99.9 Å². The average Bonchev–Trinajstić information content (AvgIpc) is 3.53. The van der Waals surface area contributed by atoms with Gasteiger partial charge >= 0.3 is 0 Å². The molecule has 1 aromatic carbocycles. The monoisotopic (exact) mass is 491 g/mol. The summed E-state index contributed by atoms with van der Waals surface area (Å²) in [5, 5.41) is 9.64. The fourth-order valence-corrected chi connectivity index (χ4v) is 4.78. The smallest absolute Gasteiger partial charge is 0.275 e. The number of nitrogens with one attached hydrogen (secondary N) is 1. The molecule has 2 saturated heterocycles. The van der Waals surface area contributed by atoms with Crippen LogP contribution >= 0.6 is 23.7 Å². The minimum absolute atomic E-state index is 0. The Morgan fingerprint density at radius 3 is 2.61 bits per heavy atom. The molecule has 4 heterocycles. The number of thiazole rings is 1. The van der Waals surface area contributed by atoms with Gasteiger partial charge in [0, 0.05) is 44.6 Å². The summed E-state index contributed by atoms with van der Waals surface area (Å²) in [7, 11) is 0. The molecule has 0 bridgehead atoms. The zero-order chi connectivity index (χ0) is 21.8. The van der Waals surface area contributed by atoms with Crippen LogP contribution in [0.4, 0.5) is 16.5 Å². The molecule has 0 atom stereocenters. The van der Waals surface area contributed by atoms with Gasteiger partial charge in [-0.1, -0.05) is 17.3 Å². The molecular weight excluding hydrogens is 466 g/mol. The second kappa shape index (κ2) is 10.9.